The number of aliphatic hydroxyl groups excluding tert-OH is 2. The Labute approximate surface area is 179 Å². The number of benzene rings is 1. The number of nitrogens with zero attached hydrogens (tertiary/aromatic N) is 3. The molecule has 1 aromatic carbocycles. The van der Waals surface area contributed by atoms with Crippen LogP contribution in [-0.2, 0) is 4.74 Å². The molecule has 6 rings (SSSR count). The van der Waals surface area contributed by atoms with Crippen LogP contribution in [0.3, 0.4) is 0 Å². The maximum absolute atomic E-state index is 11.1. The van der Waals surface area contributed by atoms with Crippen LogP contribution in [0, 0.1) is 5.41 Å². The molecule has 31 heavy (non-hydrogen) atoms. The SMILES string of the molecule is Nc1ccc2ccc([C@H]3C[C@@]4(CO3)C[C@@H](n3ccc5cccnc53)[C@H](O)[C@@H]4O)cc2n1. The second-order valence-corrected chi connectivity index (χ2v) is 8.90. The van der Waals surface area contributed by atoms with Crippen molar-refractivity contribution in [2.45, 2.75) is 37.2 Å². The third-order valence-electron chi connectivity index (χ3n) is 7.07. The van der Waals surface area contributed by atoms with Gasteiger partial charge in [0.25, 0.3) is 0 Å². The van der Waals surface area contributed by atoms with Crippen molar-refractivity contribution in [2.75, 3.05) is 12.3 Å². The Balaban J connectivity index is 1.30. The standard InChI is InChI=1S/C24H24N4O3/c25-20-6-5-14-3-4-16(10-17(14)27-20)19-12-24(13-31-19)11-18(21(29)22(24)30)28-9-7-15-2-1-8-26-23(15)28/h1-10,18-19,21-22,29-30H,11-13H2,(H2,25,27)/t18-,19-,21+,22+,24-/m1/s1. The van der Waals surface area contributed by atoms with E-state index in [1.165, 1.54) is 0 Å². The molecule has 7 nitrogen and oxygen atoms in total. The Morgan fingerprint density at radius 1 is 1.06 bits per heavy atom. The van der Waals surface area contributed by atoms with Gasteiger partial charge in [-0.25, -0.2) is 9.97 Å². The predicted molar refractivity (Wildman–Crippen MR) is 117 cm³/mol. The van der Waals surface area contributed by atoms with Gasteiger partial charge in [0, 0.05) is 28.6 Å². The number of hydrogen-bond acceptors (Lipinski definition) is 6. The van der Waals surface area contributed by atoms with Gasteiger partial charge in [0.15, 0.2) is 0 Å². The summed E-state index contributed by atoms with van der Waals surface area (Å²) in [5.74, 6) is 0.484. The zero-order chi connectivity index (χ0) is 21.2. The molecule has 4 heterocycles. The van der Waals surface area contributed by atoms with Crippen molar-refractivity contribution in [1.82, 2.24) is 14.5 Å². The molecule has 4 N–H and O–H groups in total. The smallest absolute Gasteiger partial charge is 0.140 e. The number of nitrogen functional groups attached to an aromatic ring is 1. The van der Waals surface area contributed by atoms with Crippen LogP contribution in [0.25, 0.3) is 21.9 Å². The highest BCUT2D eigenvalue weighted by Gasteiger charge is 2.57. The summed E-state index contributed by atoms with van der Waals surface area (Å²) in [6.45, 7) is 0.404. The summed E-state index contributed by atoms with van der Waals surface area (Å²) in [6, 6.07) is 15.5. The van der Waals surface area contributed by atoms with Crippen LogP contribution >= 0.6 is 0 Å². The van der Waals surface area contributed by atoms with Gasteiger partial charge in [-0.2, -0.15) is 0 Å². The summed E-state index contributed by atoms with van der Waals surface area (Å²) < 4.78 is 8.17. The molecule has 0 amide bonds. The van der Waals surface area contributed by atoms with Gasteiger partial charge in [-0.1, -0.05) is 12.1 Å². The van der Waals surface area contributed by atoms with Gasteiger partial charge >= 0.3 is 0 Å². The van der Waals surface area contributed by atoms with E-state index in [2.05, 4.69) is 9.97 Å². The molecular weight excluding hydrogens is 392 g/mol. The lowest BCUT2D eigenvalue weighted by molar-refractivity contribution is -0.0309. The fraction of sp³-hybridized carbons (Fsp3) is 0.333. The minimum Gasteiger partial charge on any atom is -0.390 e. The molecule has 1 saturated carbocycles. The topological polar surface area (TPSA) is 106 Å². The van der Waals surface area contributed by atoms with E-state index in [-0.39, 0.29) is 12.1 Å². The van der Waals surface area contributed by atoms with Crippen LogP contribution in [0.15, 0.2) is 60.9 Å². The third kappa shape index (κ3) is 2.85. The Hall–Kier alpha value is -3.00. The molecule has 0 unspecified atom stereocenters. The fourth-order valence-corrected chi connectivity index (χ4v) is 5.41. The molecule has 5 atom stereocenters. The summed E-state index contributed by atoms with van der Waals surface area (Å²) in [7, 11) is 0. The zero-order valence-electron chi connectivity index (χ0n) is 16.9. The van der Waals surface area contributed by atoms with Gasteiger partial charge in [-0.05, 0) is 54.8 Å². The normalized spacial score (nSPS) is 30.6. The summed E-state index contributed by atoms with van der Waals surface area (Å²) in [5.41, 5.74) is 8.01. The molecule has 1 aliphatic carbocycles. The monoisotopic (exact) mass is 416 g/mol. The van der Waals surface area contributed by atoms with E-state index in [1.54, 1.807) is 12.3 Å². The van der Waals surface area contributed by atoms with Gasteiger partial charge in [-0.15, -0.1) is 0 Å². The second-order valence-electron chi connectivity index (χ2n) is 8.90. The van der Waals surface area contributed by atoms with Crippen molar-refractivity contribution in [3.05, 3.63) is 66.5 Å². The van der Waals surface area contributed by atoms with E-state index >= 15 is 0 Å². The number of fused-ring (bicyclic) bond motifs is 2. The summed E-state index contributed by atoms with van der Waals surface area (Å²) in [5, 5.41) is 24.1. The van der Waals surface area contributed by atoms with Gasteiger partial charge < -0.3 is 25.3 Å². The summed E-state index contributed by atoms with van der Waals surface area (Å²) >= 11 is 0. The average molecular weight is 416 g/mol. The van der Waals surface area contributed by atoms with Crippen LogP contribution in [-0.4, -0.2) is 43.6 Å². The quantitative estimate of drug-likeness (QED) is 0.464. The van der Waals surface area contributed by atoms with E-state index in [4.69, 9.17) is 10.5 Å². The van der Waals surface area contributed by atoms with Gasteiger partial charge in [0.05, 0.1) is 30.4 Å². The van der Waals surface area contributed by atoms with Crippen molar-refractivity contribution in [2.24, 2.45) is 5.41 Å². The number of aromatic nitrogens is 3. The van der Waals surface area contributed by atoms with Crippen LogP contribution in [0.1, 0.15) is 30.6 Å². The summed E-state index contributed by atoms with van der Waals surface area (Å²) in [6.07, 6.45) is 3.07. The molecule has 1 aliphatic heterocycles. The molecule has 1 saturated heterocycles. The zero-order valence-corrected chi connectivity index (χ0v) is 16.9. The van der Waals surface area contributed by atoms with Crippen LogP contribution in [0.5, 0.6) is 0 Å². The number of rotatable bonds is 2. The van der Waals surface area contributed by atoms with Crippen molar-refractivity contribution >= 4 is 27.8 Å². The fourth-order valence-electron chi connectivity index (χ4n) is 5.41. The lowest BCUT2D eigenvalue weighted by atomic mass is 9.80. The first-order chi connectivity index (χ1) is 15.0. The van der Waals surface area contributed by atoms with Crippen molar-refractivity contribution in [3.63, 3.8) is 0 Å². The van der Waals surface area contributed by atoms with E-state index in [0.29, 0.717) is 25.3 Å². The maximum atomic E-state index is 11.1. The van der Waals surface area contributed by atoms with Crippen molar-refractivity contribution < 1.29 is 14.9 Å². The van der Waals surface area contributed by atoms with E-state index in [1.807, 2.05) is 53.2 Å². The predicted octanol–water partition coefficient (Wildman–Crippen LogP) is 2.98. The highest BCUT2D eigenvalue weighted by Crippen LogP contribution is 2.54. The molecule has 2 aliphatic rings. The maximum Gasteiger partial charge on any atom is 0.140 e. The molecule has 0 bridgehead atoms. The molecule has 158 valence electrons. The van der Waals surface area contributed by atoms with Crippen LogP contribution < -0.4 is 5.73 Å². The lowest BCUT2D eigenvalue weighted by Gasteiger charge is -2.26. The molecule has 0 radical (unpaired) electrons. The molecule has 2 fully saturated rings. The highest BCUT2D eigenvalue weighted by atomic mass is 16.5. The van der Waals surface area contributed by atoms with Gasteiger partial charge in [0.1, 0.15) is 17.6 Å². The first-order valence-electron chi connectivity index (χ1n) is 10.6. The largest absolute Gasteiger partial charge is 0.390 e. The number of anilines is 1. The van der Waals surface area contributed by atoms with Crippen molar-refractivity contribution in [3.8, 4) is 0 Å². The first-order valence-corrected chi connectivity index (χ1v) is 10.6. The van der Waals surface area contributed by atoms with E-state index < -0.39 is 17.6 Å². The number of hydrogen-bond donors (Lipinski definition) is 3. The number of nitrogens with two attached hydrogens (primary N) is 1. The molecule has 4 aromatic rings. The molecule has 1 spiro atoms. The third-order valence-corrected chi connectivity index (χ3v) is 7.07. The Morgan fingerprint density at radius 3 is 2.84 bits per heavy atom. The minimum atomic E-state index is -0.877. The lowest BCUT2D eigenvalue weighted by Crippen LogP contribution is -2.37. The first kappa shape index (κ1) is 18.7. The Bertz CT molecular complexity index is 1290. The Morgan fingerprint density at radius 2 is 1.94 bits per heavy atom. The second kappa shape index (κ2) is 6.75. The van der Waals surface area contributed by atoms with E-state index in [0.717, 1.165) is 27.5 Å². The average Bonchev–Trinajstić information content (AvgIpc) is 3.47. The Kier molecular flexibility index (Phi) is 4.08. The van der Waals surface area contributed by atoms with Crippen LogP contribution in [0.2, 0.25) is 0 Å². The molecular formula is C24H24N4O3. The molecule has 7 heteroatoms. The minimum absolute atomic E-state index is 0.159. The number of pyridine rings is 2. The highest BCUT2D eigenvalue weighted by molar-refractivity contribution is 5.80. The summed E-state index contributed by atoms with van der Waals surface area (Å²) in [4.78, 5) is 8.90. The number of ether oxygens (including phenoxy) is 1. The molecule has 3 aromatic heterocycles. The number of aliphatic hydroxyl groups is 2. The van der Waals surface area contributed by atoms with Gasteiger partial charge in [-0.3, -0.25) is 0 Å². The van der Waals surface area contributed by atoms with E-state index in [9.17, 15) is 10.2 Å². The van der Waals surface area contributed by atoms with Crippen LogP contribution in [0.4, 0.5) is 5.82 Å². The van der Waals surface area contributed by atoms with Crippen molar-refractivity contribution in [1.29, 1.82) is 0 Å². The van der Waals surface area contributed by atoms with Gasteiger partial charge in [0.2, 0.25) is 0 Å².